The number of nitrogens with zero attached hydrogens (tertiary/aromatic N) is 1. The van der Waals surface area contributed by atoms with Crippen LogP contribution in [0.1, 0.15) is 17.8 Å². The summed E-state index contributed by atoms with van der Waals surface area (Å²) in [4.78, 5) is 19.9. The number of carbonyl (C=O) groups is 1. The molecule has 2 amide bonds. The van der Waals surface area contributed by atoms with Crippen LogP contribution in [0.4, 0.5) is 4.79 Å². The zero-order valence-corrected chi connectivity index (χ0v) is 16.4. The van der Waals surface area contributed by atoms with E-state index in [1.165, 1.54) is 0 Å². The first-order chi connectivity index (χ1) is 14.2. The highest BCUT2D eigenvalue weighted by Crippen LogP contribution is 2.21. The lowest BCUT2D eigenvalue weighted by atomic mass is 10.1. The van der Waals surface area contributed by atoms with E-state index in [9.17, 15) is 4.79 Å². The second-order valence-corrected chi connectivity index (χ2v) is 6.96. The first-order valence-corrected chi connectivity index (χ1v) is 9.73. The van der Waals surface area contributed by atoms with Crippen LogP contribution in [-0.2, 0) is 13.0 Å². The van der Waals surface area contributed by atoms with E-state index >= 15 is 0 Å². The molecule has 0 atom stereocenters. The lowest BCUT2D eigenvalue weighted by Crippen LogP contribution is -2.35. The maximum absolute atomic E-state index is 12.1. The SMILES string of the molecule is COc1ccc2cc(CNC(=O)NCCCc3nc4ccccc4[nH]3)ccc2c1. The molecule has 0 saturated carbocycles. The smallest absolute Gasteiger partial charge is 0.315 e. The number of benzene rings is 3. The van der Waals surface area contributed by atoms with E-state index in [1.807, 2.05) is 54.6 Å². The summed E-state index contributed by atoms with van der Waals surface area (Å²) in [6.07, 6.45) is 1.62. The van der Waals surface area contributed by atoms with Crippen molar-refractivity contribution >= 4 is 27.8 Å². The maximum Gasteiger partial charge on any atom is 0.315 e. The predicted octanol–water partition coefficient (Wildman–Crippen LogP) is 4.16. The molecule has 0 saturated heterocycles. The van der Waals surface area contributed by atoms with Crippen molar-refractivity contribution in [3.8, 4) is 5.75 Å². The van der Waals surface area contributed by atoms with Crippen molar-refractivity contribution in [2.24, 2.45) is 0 Å². The van der Waals surface area contributed by atoms with Crippen molar-refractivity contribution in [3.05, 3.63) is 72.1 Å². The van der Waals surface area contributed by atoms with Gasteiger partial charge in [-0.25, -0.2) is 9.78 Å². The minimum Gasteiger partial charge on any atom is -0.497 e. The normalized spacial score (nSPS) is 10.9. The fourth-order valence-corrected chi connectivity index (χ4v) is 3.34. The van der Waals surface area contributed by atoms with Crippen LogP contribution in [-0.4, -0.2) is 29.7 Å². The monoisotopic (exact) mass is 388 g/mol. The number of urea groups is 1. The molecular weight excluding hydrogens is 364 g/mol. The van der Waals surface area contributed by atoms with Crippen LogP contribution in [0.25, 0.3) is 21.8 Å². The summed E-state index contributed by atoms with van der Waals surface area (Å²) < 4.78 is 5.25. The van der Waals surface area contributed by atoms with Crippen molar-refractivity contribution in [2.75, 3.05) is 13.7 Å². The highest BCUT2D eigenvalue weighted by Gasteiger charge is 2.04. The number of aryl methyl sites for hydroxylation is 1. The zero-order valence-electron chi connectivity index (χ0n) is 16.4. The molecule has 0 aliphatic carbocycles. The number of amides is 2. The number of aromatic nitrogens is 2. The average Bonchev–Trinajstić information content (AvgIpc) is 3.17. The van der Waals surface area contributed by atoms with Gasteiger partial charge in [0, 0.05) is 19.5 Å². The van der Waals surface area contributed by atoms with E-state index in [2.05, 4.69) is 26.7 Å². The van der Waals surface area contributed by atoms with E-state index in [4.69, 9.17) is 4.74 Å². The van der Waals surface area contributed by atoms with Gasteiger partial charge in [0.2, 0.25) is 0 Å². The van der Waals surface area contributed by atoms with Crippen molar-refractivity contribution < 1.29 is 9.53 Å². The zero-order chi connectivity index (χ0) is 20.1. The van der Waals surface area contributed by atoms with Gasteiger partial charge in [-0.05, 0) is 53.1 Å². The minimum atomic E-state index is -0.163. The molecular formula is C23H24N4O2. The summed E-state index contributed by atoms with van der Waals surface area (Å²) in [5.74, 6) is 1.78. The van der Waals surface area contributed by atoms with Crippen LogP contribution >= 0.6 is 0 Å². The number of hydrogen-bond donors (Lipinski definition) is 3. The van der Waals surface area contributed by atoms with Gasteiger partial charge in [0.1, 0.15) is 11.6 Å². The fourth-order valence-electron chi connectivity index (χ4n) is 3.34. The predicted molar refractivity (Wildman–Crippen MR) is 115 cm³/mol. The Bertz CT molecular complexity index is 1100. The summed E-state index contributed by atoms with van der Waals surface area (Å²) in [6, 6.07) is 19.9. The van der Waals surface area contributed by atoms with E-state index in [0.29, 0.717) is 13.1 Å². The minimum absolute atomic E-state index is 0.163. The van der Waals surface area contributed by atoms with Crippen LogP contribution in [0, 0.1) is 0 Å². The van der Waals surface area contributed by atoms with Gasteiger partial charge in [-0.3, -0.25) is 0 Å². The summed E-state index contributed by atoms with van der Waals surface area (Å²) in [5, 5.41) is 8.04. The number of carbonyl (C=O) groups excluding carboxylic acids is 1. The van der Waals surface area contributed by atoms with Gasteiger partial charge in [-0.15, -0.1) is 0 Å². The number of imidazole rings is 1. The lowest BCUT2D eigenvalue weighted by molar-refractivity contribution is 0.240. The Morgan fingerprint density at radius 3 is 2.72 bits per heavy atom. The molecule has 0 fully saturated rings. The lowest BCUT2D eigenvalue weighted by Gasteiger charge is -2.09. The fraction of sp³-hybridized carbons (Fsp3) is 0.217. The van der Waals surface area contributed by atoms with Crippen molar-refractivity contribution in [1.82, 2.24) is 20.6 Å². The van der Waals surface area contributed by atoms with E-state index in [0.717, 1.165) is 51.8 Å². The maximum atomic E-state index is 12.1. The Hall–Kier alpha value is -3.54. The van der Waals surface area contributed by atoms with Crippen molar-refractivity contribution in [1.29, 1.82) is 0 Å². The highest BCUT2D eigenvalue weighted by molar-refractivity contribution is 5.84. The molecule has 0 unspecified atom stereocenters. The highest BCUT2D eigenvalue weighted by atomic mass is 16.5. The van der Waals surface area contributed by atoms with Gasteiger partial charge >= 0.3 is 6.03 Å². The molecule has 29 heavy (non-hydrogen) atoms. The number of hydrogen-bond acceptors (Lipinski definition) is 3. The third-order valence-electron chi connectivity index (χ3n) is 4.88. The Labute approximate surface area is 169 Å². The Kier molecular flexibility index (Phi) is 5.61. The van der Waals surface area contributed by atoms with Gasteiger partial charge < -0.3 is 20.4 Å². The Morgan fingerprint density at radius 2 is 1.86 bits per heavy atom. The van der Waals surface area contributed by atoms with E-state index in [-0.39, 0.29) is 6.03 Å². The van der Waals surface area contributed by atoms with Crippen LogP contribution in [0.15, 0.2) is 60.7 Å². The molecule has 0 aliphatic heterocycles. The number of H-pyrrole nitrogens is 1. The molecule has 0 bridgehead atoms. The number of methoxy groups -OCH3 is 1. The molecule has 1 heterocycles. The van der Waals surface area contributed by atoms with E-state index in [1.54, 1.807) is 7.11 Å². The van der Waals surface area contributed by atoms with Crippen LogP contribution < -0.4 is 15.4 Å². The van der Waals surface area contributed by atoms with Gasteiger partial charge in [0.05, 0.1) is 18.1 Å². The standard InChI is InChI=1S/C23H24N4O2/c1-29-19-11-10-17-13-16(8-9-18(17)14-19)15-25-23(28)24-12-4-7-22-26-20-5-2-3-6-21(20)27-22/h2-3,5-6,8-11,13-14H,4,7,12,15H2,1H3,(H,26,27)(H2,24,25,28). The number of aromatic amines is 1. The number of ether oxygens (including phenoxy) is 1. The van der Waals surface area contributed by atoms with E-state index < -0.39 is 0 Å². The molecule has 3 N–H and O–H groups in total. The van der Waals surface area contributed by atoms with Gasteiger partial charge in [0.25, 0.3) is 0 Å². The largest absolute Gasteiger partial charge is 0.497 e. The van der Waals surface area contributed by atoms with Crippen LogP contribution in [0.2, 0.25) is 0 Å². The third kappa shape index (κ3) is 4.66. The molecule has 0 aliphatic rings. The van der Waals surface area contributed by atoms with Gasteiger partial charge in [-0.2, -0.15) is 0 Å². The van der Waals surface area contributed by atoms with Crippen LogP contribution in [0.3, 0.4) is 0 Å². The number of nitrogens with one attached hydrogen (secondary N) is 3. The third-order valence-corrected chi connectivity index (χ3v) is 4.88. The Morgan fingerprint density at radius 1 is 1.03 bits per heavy atom. The molecule has 1 aromatic heterocycles. The van der Waals surface area contributed by atoms with Crippen molar-refractivity contribution in [2.45, 2.75) is 19.4 Å². The first kappa shape index (κ1) is 18.8. The van der Waals surface area contributed by atoms with Crippen molar-refractivity contribution in [3.63, 3.8) is 0 Å². The molecule has 6 heteroatoms. The molecule has 4 aromatic rings. The molecule has 0 spiro atoms. The topological polar surface area (TPSA) is 79.0 Å². The molecule has 3 aromatic carbocycles. The number of para-hydroxylation sites is 2. The quantitative estimate of drug-likeness (QED) is 0.416. The summed E-state index contributed by atoms with van der Waals surface area (Å²) in [5.41, 5.74) is 3.07. The van der Waals surface area contributed by atoms with Gasteiger partial charge in [-0.1, -0.05) is 30.3 Å². The first-order valence-electron chi connectivity index (χ1n) is 9.73. The number of rotatable bonds is 7. The van der Waals surface area contributed by atoms with Gasteiger partial charge in [0.15, 0.2) is 0 Å². The summed E-state index contributed by atoms with van der Waals surface area (Å²) in [7, 11) is 1.66. The van der Waals surface area contributed by atoms with Crippen LogP contribution in [0.5, 0.6) is 5.75 Å². The summed E-state index contributed by atoms with van der Waals surface area (Å²) in [6.45, 7) is 1.08. The Balaban J connectivity index is 1.22. The molecule has 0 radical (unpaired) electrons. The second kappa shape index (κ2) is 8.65. The number of fused-ring (bicyclic) bond motifs is 2. The average molecular weight is 388 g/mol. The summed E-state index contributed by atoms with van der Waals surface area (Å²) >= 11 is 0. The molecule has 148 valence electrons. The second-order valence-electron chi connectivity index (χ2n) is 6.96. The molecule has 6 nitrogen and oxygen atoms in total. The molecule has 4 rings (SSSR count).